The van der Waals surface area contributed by atoms with Gasteiger partial charge in [0, 0.05) is 24.8 Å². The van der Waals surface area contributed by atoms with Crippen molar-refractivity contribution in [1.82, 2.24) is 4.98 Å². The topological polar surface area (TPSA) is 68.9 Å². The molecule has 0 spiro atoms. The second-order valence-electron chi connectivity index (χ2n) is 3.47. The second-order valence-corrected chi connectivity index (χ2v) is 3.47. The van der Waals surface area contributed by atoms with Crippen molar-refractivity contribution < 1.29 is 5.11 Å². The first kappa shape index (κ1) is 8.97. The van der Waals surface area contributed by atoms with Gasteiger partial charge in [-0.1, -0.05) is 0 Å². The van der Waals surface area contributed by atoms with Gasteiger partial charge in [0.15, 0.2) is 0 Å². The number of rotatable bonds is 3. The van der Waals surface area contributed by atoms with Gasteiger partial charge in [-0.25, -0.2) is 4.98 Å². The van der Waals surface area contributed by atoms with Gasteiger partial charge in [0.25, 0.3) is 0 Å². The van der Waals surface area contributed by atoms with Crippen LogP contribution in [0.3, 0.4) is 0 Å². The zero-order chi connectivity index (χ0) is 9.97. The van der Waals surface area contributed by atoms with Crippen molar-refractivity contribution in [3.05, 3.63) is 23.9 Å². The molecule has 0 bridgehead atoms. The van der Waals surface area contributed by atoms with Gasteiger partial charge < -0.3 is 10.4 Å². The number of hydrogen-bond donors (Lipinski definition) is 2. The molecular weight excluding hydrogens is 178 g/mol. The first-order valence-corrected chi connectivity index (χ1v) is 4.57. The molecule has 1 fully saturated rings. The van der Waals surface area contributed by atoms with Crippen LogP contribution in [0.5, 0.6) is 0 Å². The molecule has 0 unspecified atom stereocenters. The van der Waals surface area contributed by atoms with Crippen molar-refractivity contribution in [1.29, 1.82) is 5.26 Å². The summed E-state index contributed by atoms with van der Waals surface area (Å²) in [7, 11) is 0. The zero-order valence-electron chi connectivity index (χ0n) is 7.64. The summed E-state index contributed by atoms with van der Waals surface area (Å²) in [5.74, 6) is 1.06. The minimum absolute atomic E-state index is 0.218. The predicted molar refractivity (Wildman–Crippen MR) is 51.6 cm³/mol. The molecule has 1 heterocycles. The molecule has 2 N–H and O–H groups in total. The summed E-state index contributed by atoms with van der Waals surface area (Å²) in [6.45, 7) is 0.218. The highest BCUT2D eigenvalue weighted by atomic mass is 16.3. The van der Waals surface area contributed by atoms with E-state index in [1.807, 2.05) is 0 Å². The van der Waals surface area contributed by atoms with E-state index in [1.54, 1.807) is 18.3 Å². The van der Waals surface area contributed by atoms with Gasteiger partial charge in [0.2, 0.25) is 0 Å². The molecule has 4 nitrogen and oxygen atoms in total. The number of nitrogens with zero attached hydrogens (tertiary/aromatic N) is 2. The SMILES string of the molecule is N#Cc1ccnc(N[C@@H]2C[C@H]2CO)c1. The third kappa shape index (κ3) is 1.83. The van der Waals surface area contributed by atoms with Gasteiger partial charge in [-0.15, -0.1) is 0 Å². The molecule has 2 atom stereocenters. The Bertz CT molecular complexity index is 372. The van der Waals surface area contributed by atoms with E-state index in [2.05, 4.69) is 16.4 Å². The maximum absolute atomic E-state index is 8.84. The lowest BCUT2D eigenvalue weighted by Gasteiger charge is -2.03. The molecule has 2 rings (SSSR count). The van der Waals surface area contributed by atoms with E-state index in [9.17, 15) is 0 Å². The summed E-state index contributed by atoms with van der Waals surface area (Å²) in [6, 6.07) is 5.76. The quantitative estimate of drug-likeness (QED) is 0.736. The number of nitriles is 1. The molecule has 0 saturated heterocycles. The van der Waals surface area contributed by atoms with Crippen molar-refractivity contribution >= 4 is 5.82 Å². The van der Waals surface area contributed by atoms with Gasteiger partial charge in [0.05, 0.1) is 11.6 Å². The smallest absolute Gasteiger partial charge is 0.127 e. The molecule has 72 valence electrons. The molecule has 0 aliphatic heterocycles. The summed E-state index contributed by atoms with van der Waals surface area (Å²) < 4.78 is 0. The highest BCUT2D eigenvalue weighted by Gasteiger charge is 2.36. The molecule has 4 heteroatoms. The van der Waals surface area contributed by atoms with Crippen LogP contribution in [0.25, 0.3) is 0 Å². The van der Waals surface area contributed by atoms with Crippen molar-refractivity contribution in [2.75, 3.05) is 11.9 Å². The van der Waals surface area contributed by atoms with Crippen LogP contribution in [0, 0.1) is 17.2 Å². The number of aliphatic hydroxyl groups is 1. The van der Waals surface area contributed by atoms with E-state index < -0.39 is 0 Å². The first-order chi connectivity index (χ1) is 6.83. The van der Waals surface area contributed by atoms with E-state index in [4.69, 9.17) is 10.4 Å². The molecule has 1 aliphatic rings. The number of nitrogens with one attached hydrogen (secondary N) is 1. The van der Waals surface area contributed by atoms with Crippen LogP contribution in [0.2, 0.25) is 0 Å². The highest BCUT2D eigenvalue weighted by Crippen LogP contribution is 2.32. The molecule has 1 saturated carbocycles. The predicted octanol–water partition coefficient (Wildman–Crippen LogP) is 0.746. The lowest BCUT2D eigenvalue weighted by molar-refractivity contribution is 0.275. The zero-order valence-corrected chi connectivity index (χ0v) is 7.64. The summed E-state index contributed by atoms with van der Waals surface area (Å²) in [6.07, 6.45) is 2.59. The first-order valence-electron chi connectivity index (χ1n) is 4.57. The second kappa shape index (κ2) is 3.64. The molecule has 0 amide bonds. The van der Waals surface area contributed by atoms with E-state index in [1.165, 1.54) is 0 Å². The lowest BCUT2D eigenvalue weighted by atomic mass is 10.3. The highest BCUT2D eigenvalue weighted by molar-refractivity contribution is 5.44. The molecule has 0 radical (unpaired) electrons. The Hall–Kier alpha value is -1.60. The largest absolute Gasteiger partial charge is 0.396 e. The Balaban J connectivity index is 2.00. The van der Waals surface area contributed by atoms with Gasteiger partial charge in [-0.05, 0) is 18.6 Å². The fourth-order valence-electron chi connectivity index (χ4n) is 1.40. The standard InChI is InChI=1S/C10H11N3O/c11-5-7-1-2-12-10(3-7)13-9-4-8(9)6-14/h1-3,8-9,14H,4,6H2,(H,12,13)/t8-,9+/m0/s1. The molecule has 1 aliphatic carbocycles. The van der Waals surface area contributed by atoms with Crippen LogP contribution in [0.1, 0.15) is 12.0 Å². The van der Waals surface area contributed by atoms with E-state index >= 15 is 0 Å². The number of anilines is 1. The molecular formula is C10H11N3O. The van der Waals surface area contributed by atoms with E-state index in [0.29, 0.717) is 23.3 Å². The summed E-state index contributed by atoms with van der Waals surface area (Å²) in [4.78, 5) is 4.09. The monoisotopic (exact) mass is 189 g/mol. The fourth-order valence-corrected chi connectivity index (χ4v) is 1.40. The average molecular weight is 189 g/mol. The molecule has 1 aromatic heterocycles. The van der Waals surface area contributed by atoms with Crippen LogP contribution in [0.4, 0.5) is 5.82 Å². The van der Waals surface area contributed by atoms with Gasteiger partial charge in [-0.2, -0.15) is 5.26 Å². The Morgan fingerprint density at radius 3 is 3.21 bits per heavy atom. The normalized spacial score (nSPS) is 24.0. The summed E-state index contributed by atoms with van der Waals surface area (Å²) in [5.41, 5.74) is 0.601. The van der Waals surface area contributed by atoms with Gasteiger partial charge >= 0.3 is 0 Å². The molecule has 0 aromatic carbocycles. The minimum atomic E-state index is 0.218. The Morgan fingerprint density at radius 1 is 1.71 bits per heavy atom. The van der Waals surface area contributed by atoms with Gasteiger partial charge in [-0.3, -0.25) is 0 Å². The average Bonchev–Trinajstić information content (AvgIpc) is 2.97. The van der Waals surface area contributed by atoms with E-state index in [-0.39, 0.29) is 6.61 Å². The van der Waals surface area contributed by atoms with Crippen molar-refractivity contribution in [3.8, 4) is 6.07 Å². The number of aromatic nitrogens is 1. The minimum Gasteiger partial charge on any atom is -0.396 e. The summed E-state index contributed by atoms with van der Waals surface area (Å²) >= 11 is 0. The number of aliphatic hydroxyl groups excluding tert-OH is 1. The number of pyridine rings is 1. The fraction of sp³-hybridized carbons (Fsp3) is 0.400. The van der Waals surface area contributed by atoms with Crippen LogP contribution < -0.4 is 5.32 Å². The maximum atomic E-state index is 8.84. The van der Waals surface area contributed by atoms with Crippen molar-refractivity contribution in [3.63, 3.8) is 0 Å². The summed E-state index contributed by atoms with van der Waals surface area (Å²) in [5, 5.41) is 20.7. The van der Waals surface area contributed by atoms with Crippen LogP contribution in [0.15, 0.2) is 18.3 Å². The Morgan fingerprint density at radius 2 is 2.57 bits per heavy atom. The molecule has 1 aromatic rings. The van der Waals surface area contributed by atoms with Gasteiger partial charge in [0.1, 0.15) is 5.82 Å². The lowest BCUT2D eigenvalue weighted by Crippen LogP contribution is -2.07. The van der Waals surface area contributed by atoms with Crippen molar-refractivity contribution in [2.45, 2.75) is 12.5 Å². The molecule has 14 heavy (non-hydrogen) atoms. The van der Waals surface area contributed by atoms with Crippen LogP contribution >= 0.6 is 0 Å². The Kier molecular flexibility index (Phi) is 2.33. The Labute approximate surface area is 82.2 Å². The van der Waals surface area contributed by atoms with Crippen LogP contribution in [-0.4, -0.2) is 22.7 Å². The third-order valence-electron chi connectivity index (χ3n) is 2.38. The number of hydrogen-bond acceptors (Lipinski definition) is 4. The maximum Gasteiger partial charge on any atom is 0.127 e. The van der Waals surface area contributed by atoms with E-state index in [0.717, 1.165) is 6.42 Å². The van der Waals surface area contributed by atoms with Crippen LogP contribution in [-0.2, 0) is 0 Å². The van der Waals surface area contributed by atoms with Crippen molar-refractivity contribution in [2.24, 2.45) is 5.92 Å². The third-order valence-corrected chi connectivity index (χ3v) is 2.38.